The Hall–Kier alpha value is -1.43. The summed E-state index contributed by atoms with van der Waals surface area (Å²) >= 11 is 3.12. The SMILES string of the molecule is CCN(CC(C)C(=O)O)C(=O)c1cc(F)cc(Br)c1. The van der Waals surface area contributed by atoms with Crippen molar-refractivity contribution < 1.29 is 19.1 Å². The van der Waals surface area contributed by atoms with Crippen LogP contribution in [0, 0.1) is 11.7 Å². The molecule has 1 N–H and O–H groups in total. The van der Waals surface area contributed by atoms with Crippen LogP contribution in [0.3, 0.4) is 0 Å². The molecule has 1 aromatic rings. The third kappa shape index (κ3) is 4.31. The summed E-state index contributed by atoms with van der Waals surface area (Å²) in [6.45, 7) is 3.74. The summed E-state index contributed by atoms with van der Waals surface area (Å²) in [5.74, 6) is -2.52. The lowest BCUT2D eigenvalue weighted by Gasteiger charge is -2.23. The van der Waals surface area contributed by atoms with Crippen molar-refractivity contribution >= 4 is 27.8 Å². The van der Waals surface area contributed by atoms with Crippen LogP contribution in [0.2, 0.25) is 0 Å². The highest BCUT2D eigenvalue weighted by Crippen LogP contribution is 2.17. The molecule has 0 radical (unpaired) electrons. The molecular weight excluding hydrogens is 317 g/mol. The van der Waals surface area contributed by atoms with Crippen molar-refractivity contribution in [3.63, 3.8) is 0 Å². The summed E-state index contributed by atoms with van der Waals surface area (Å²) in [5, 5.41) is 8.86. The Morgan fingerprint density at radius 2 is 2.05 bits per heavy atom. The van der Waals surface area contributed by atoms with E-state index in [-0.39, 0.29) is 18.0 Å². The van der Waals surface area contributed by atoms with Gasteiger partial charge in [0, 0.05) is 23.1 Å². The standard InChI is InChI=1S/C13H15BrFNO3/c1-3-16(7-8(2)13(18)19)12(17)9-4-10(14)6-11(15)5-9/h4-6,8H,3,7H2,1-2H3,(H,18,19). The van der Waals surface area contributed by atoms with Gasteiger partial charge in [-0.15, -0.1) is 0 Å². The van der Waals surface area contributed by atoms with Crippen LogP contribution in [0.1, 0.15) is 24.2 Å². The van der Waals surface area contributed by atoms with Crippen molar-refractivity contribution in [1.29, 1.82) is 0 Å². The number of carbonyl (C=O) groups is 2. The van der Waals surface area contributed by atoms with Crippen molar-refractivity contribution in [2.45, 2.75) is 13.8 Å². The van der Waals surface area contributed by atoms with Crippen LogP contribution >= 0.6 is 15.9 Å². The van der Waals surface area contributed by atoms with Gasteiger partial charge in [0.25, 0.3) is 5.91 Å². The molecule has 0 fully saturated rings. The minimum absolute atomic E-state index is 0.0960. The maximum Gasteiger partial charge on any atom is 0.308 e. The van der Waals surface area contributed by atoms with Crippen LogP contribution in [0.15, 0.2) is 22.7 Å². The first-order chi connectivity index (χ1) is 8.85. The van der Waals surface area contributed by atoms with Gasteiger partial charge in [0.1, 0.15) is 5.82 Å². The molecule has 0 aromatic heterocycles. The summed E-state index contributed by atoms with van der Waals surface area (Å²) in [4.78, 5) is 24.4. The Labute approximate surface area is 119 Å². The van der Waals surface area contributed by atoms with E-state index in [0.29, 0.717) is 11.0 Å². The van der Waals surface area contributed by atoms with Crippen molar-refractivity contribution in [1.82, 2.24) is 4.90 Å². The van der Waals surface area contributed by atoms with Crippen LogP contribution < -0.4 is 0 Å². The molecule has 0 aliphatic carbocycles. The molecule has 104 valence electrons. The third-order valence-electron chi connectivity index (χ3n) is 2.69. The highest BCUT2D eigenvalue weighted by atomic mass is 79.9. The van der Waals surface area contributed by atoms with Gasteiger partial charge < -0.3 is 10.0 Å². The second-order valence-corrected chi connectivity index (χ2v) is 5.16. The van der Waals surface area contributed by atoms with E-state index in [1.807, 2.05) is 0 Å². The second kappa shape index (κ2) is 6.65. The van der Waals surface area contributed by atoms with Crippen molar-refractivity contribution in [2.75, 3.05) is 13.1 Å². The lowest BCUT2D eigenvalue weighted by Crippen LogP contribution is -2.36. The van der Waals surface area contributed by atoms with E-state index in [1.54, 1.807) is 6.92 Å². The van der Waals surface area contributed by atoms with Crippen LogP contribution in [0.25, 0.3) is 0 Å². The van der Waals surface area contributed by atoms with Gasteiger partial charge in [0.2, 0.25) is 0 Å². The number of benzene rings is 1. The third-order valence-corrected chi connectivity index (χ3v) is 3.15. The number of hydrogen-bond donors (Lipinski definition) is 1. The average molecular weight is 332 g/mol. The molecule has 1 rings (SSSR count). The van der Waals surface area contributed by atoms with E-state index >= 15 is 0 Å². The van der Waals surface area contributed by atoms with Gasteiger partial charge in [0.05, 0.1) is 5.92 Å². The molecule has 19 heavy (non-hydrogen) atoms. The molecule has 6 heteroatoms. The number of rotatable bonds is 5. The quantitative estimate of drug-likeness (QED) is 0.902. The van der Waals surface area contributed by atoms with Gasteiger partial charge in [-0.2, -0.15) is 0 Å². The molecule has 1 aromatic carbocycles. The monoisotopic (exact) mass is 331 g/mol. The predicted octanol–water partition coefficient (Wildman–Crippen LogP) is 2.77. The van der Waals surface area contributed by atoms with Crippen LogP contribution in [-0.2, 0) is 4.79 Å². The molecule has 0 bridgehead atoms. The molecule has 0 saturated carbocycles. The van der Waals surface area contributed by atoms with Gasteiger partial charge in [-0.1, -0.05) is 22.9 Å². The first kappa shape index (κ1) is 15.6. The molecule has 1 amide bonds. The fraction of sp³-hybridized carbons (Fsp3) is 0.385. The lowest BCUT2D eigenvalue weighted by molar-refractivity contribution is -0.141. The van der Waals surface area contributed by atoms with Crippen LogP contribution in [0.5, 0.6) is 0 Å². The van der Waals surface area contributed by atoms with Crippen LogP contribution in [0.4, 0.5) is 4.39 Å². The van der Waals surface area contributed by atoms with E-state index in [4.69, 9.17) is 5.11 Å². The molecule has 0 aliphatic rings. The summed E-state index contributed by atoms with van der Waals surface area (Å²) in [5.41, 5.74) is 0.200. The zero-order valence-corrected chi connectivity index (χ0v) is 12.3. The average Bonchev–Trinajstić information content (AvgIpc) is 2.33. The first-order valence-electron chi connectivity index (χ1n) is 5.83. The first-order valence-corrected chi connectivity index (χ1v) is 6.62. The summed E-state index contributed by atoms with van der Waals surface area (Å²) in [6.07, 6.45) is 0. The Bertz CT molecular complexity index is 473. The number of carboxylic acids is 1. The van der Waals surface area contributed by atoms with Crippen molar-refractivity contribution in [3.05, 3.63) is 34.1 Å². The van der Waals surface area contributed by atoms with Gasteiger partial charge in [-0.25, -0.2) is 4.39 Å². The Kier molecular flexibility index (Phi) is 5.47. The topological polar surface area (TPSA) is 57.6 Å². The predicted molar refractivity (Wildman–Crippen MR) is 72.5 cm³/mol. The summed E-state index contributed by atoms with van der Waals surface area (Å²) in [6, 6.07) is 3.91. The fourth-order valence-electron chi connectivity index (χ4n) is 1.62. The molecule has 1 unspecified atom stereocenters. The number of amides is 1. The van der Waals surface area contributed by atoms with Gasteiger partial charge in [-0.3, -0.25) is 9.59 Å². The number of halogens is 2. The molecule has 0 saturated heterocycles. The minimum Gasteiger partial charge on any atom is -0.481 e. The highest BCUT2D eigenvalue weighted by molar-refractivity contribution is 9.10. The van der Waals surface area contributed by atoms with E-state index < -0.39 is 17.7 Å². The summed E-state index contributed by atoms with van der Waals surface area (Å²) in [7, 11) is 0. The zero-order valence-electron chi connectivity index (χ0n) is 10.7. The largest absolute Gasteiger partial charge is 0.481 e. The van der Waals surface area contributed by atoms with E-state index in [9.17, 15) is 14.0 Å². The molecule has 0 aliphatic heterocycles. The number of nitrogens with zero attached hydrogens (tertiary/aromatic N) is 1. The molecule has 0 spiro atoms. The normalized spacial score (nSPS) is 12.0. The number of carbonyl (C=O) groups excluding carboxylic acids is 1. The van der Waals surface area contributed by atoms with Gasteiger partial charge >= 0.3 is 5.97 Å². The Balaban J connectivity index is 2.92. The molecule has 0 heterocycles. The second-order valence-electron chi connectivity index (χ2n) is 4.24. The van der Waals surface area contributed by atoms with Crippen molar-refractivity contribution in [2.24, 2.45) is 5.92 Å². The van der Waals surface area contributed by atoms with E-state index in [1.165, 1.54) is 24.0 Å². The van der Waals surface area contributed by atoms with Gasteiger partial charge in [-0.05, 0) is 25.1 Å². The molecular formula is C13H15BrFNO3. The Morgan fingerprint density at radius 1 is 1.42 bits per heavy atom. The van der Waals surface area contributed by atoms with Gasteiger partial charge in [0.15, 0.2) is 0 Å². The maximum atomic E-state index is 13.3. The number of carboxylic acid groups (broad SMARTS) is 1. The van der Waals surface area contributed by atoms with Crippen molar-refractivity contribution in [3.8, 4) is 0 Å². The van der Waals surface area contributed by atoms with Crippen LogP contribution in [-0.4, -0.2) is 35.0 Å². The molecule has 1 atom stereocenters. The van der Waals surface area contributed by atoms with E-state index in [2.05, 4.69) is 15.9 Å². The fourth-order valence-corrected chi connectivity index (χ4v) is 2.09. The number of hydrogen-bond acceptors (Lipinski definition) is 2. The maximum absolute atomic E-state index is 13.3. The highest BCUT2D eigenvalue weighted by Gasteiger charge is 2.21. The minimum atomic E-state index is -0.966. The zero-order chi connectivity index (χ0) is 14.6. The lowest BCUT2D eigenvalue weighted by atomic mass is 10.1. The Morgan fingerprint density at radius 3 is 2.53 bits per heavy atom. The number of aliphatic carboxylic acids is 1. The smallest absolute Gasteiger partial charge is 0.308 e. The molecule has 4 nitrogen and oxygen atoms in total. The summed E-state index contributed by atoms with van der Waals surface area (Å²) < 4.78 is 13.7. The van der Waals surface area contributed by atoms with E-state index in [0.717, 1.165) is 6.07 Å².